The first-order chi connectivity index (χ1) is 6.36. The first-order valence-corrected chi connectivity index (χ1v) is 4.60. The van der Waals surface area contributed by atoms with Crippen LogP contribution in [0.15, 0.2) is 29.3 Å². The van der Waals surface area contributed by atoms with Crippen LogP contribution in [-0.2, 0) is 0 Å². The van der Waals surface area contributed by atoms with Gasteiger partial charge in [0.15, 0.2) is 0 Å². The topological polar surface area (TPSA) is 12.4 Å². The highest BCUT2D eigenvalue weighted by Gasteiger charge is 2.12. The van der Waals surface area contributed by atoms with Crippen molar-refractivity contribution in [3.8, 4) is 0 Å². The molecule has 0 saturated heterocycles. The molecule has 1 aliphatic rings. The summed E-state index contributed by atoms with van der Waals surface area (Å²) in [5.41, 5.74) is 1.23. The van der Waals surface area contributed by atoms with Gasteiger partial charge in [-0.15, -0.1) is 0 Å². The molecular weight excluding hydrogens is 165 g/mol. The molecule has 1 aromatic rings. The minimum Gasteiger partial charge on any atom is -0.297 e. The molecule has 2 heteroatoms. The lowest BCUT2D eigenvalue weighted by molar-refractivity contribution is 0.616. The van der Waals surface area contributed by atoms with Crippen LogP contribution in [0.25, 0.3) is 0 Å². The third-order valence-corrected chi connectivity index (χ3v) is 2.47. The van der Waals surface area contributed by atoms with Gasteiger partial charge in [0.25, 0.3) is 0 Å². The molecule has 0 aromatic heterocycles. The van der Waals surface area contributed by atoms with Crippen molar-refractivity contribution in [2.45, 2.75) is 18.8 Å². The minimum absolute atomic E-state index is 0.159. The Morgan fingerprint density at radius 2 is 2.00 bits per heavy atom. The Morgan fingerprint density at radius 1 is 1.23 bits per heavy atom. The molecule has 1 aliphatic heterocycles. The maximum absolute atomic E-state index is 12.6. The zero-order chi connectivity index (χ0) is 9.10. The Hall–Kier alpha value is -1.18. The van der Waals surface area contributed by atoms with Gasteiger partial charge in [0.1, 0.15) is 5.82 Å². The average molecular weight is 177 g/mol. The van der Waals surface area contributed by atoms with Gasteiger partial charge in [0.2, 0.25) is 0 Å². The molecule has 0 fully saturated rings. The van der Waals surface area contributed by atoms with E-state index in [0.717, 1.165) is 19.4 Å². The highest BCUT2D eigenvalue weighted by molar-refractivity contribution is 5.59. The van der Waals surface area contributed by atoms with Gasteiger partial charge in [-0.1, -0.05) is 12.1 Å². The molecule has 0 spiro atoms. The van der Waals surface area contributed by atoms with E-state index < -0.39 is 0 Å². The SMILES string of the molecule is Fc1ccc(C2CC=NCC2)cc1. The van der Waals surface area contributed by atoms with E-state index >= 15 is 0 Å². The van der Waals surface area contributed by atoms with Crippen LogP contribution in [0, 0.1) is 5.82 Å². The standard InChI is InChI=1S/C11H12FN/c12-11-3-1-9(2-4-11)10-5-7-13-8-6-10/h1-4,7,10H,5-6,8H2. The highest BCUT2D eigenvalue weighted by Crippen LogP contribution is 2.24. The van der Waals surface area contributed by atoms with Crippen molar-refractivity contribution in [3.63, 3.8) is 0 Å². The van der Waals surface area contributed by atoms with E-state index in [0.29, 0.717) is 5.92 Å². The molecule has 1 aromatic carbocycles. The molecule has 0 bridgehead atoms. The van der Waals surface area contributed by atoms with Crippen molar-refractivity contribution in [2.75, 3.05) is 6.54 Å². The summed E-state index contributed by atoms with van der Waals surface area (Å²) in [7, 11) is 0. The van der Waals surface area contributed by atoms with E-state index in [1.165, 1.54) is 17.7 Å². The lowest BCUT2D eigenvalue weighted by atomic mass is 9.92. The second-order valence-electron chi connectivity index (χ2n) is 3.36. The van der Waals surface area contributed by atoms with E-state index in [1.54, 1.807) is 0 Å². The lowest BCUT2D eigenvalue weighted by Crippen LogP contribution is -2.06. The van der Waals surface area contributed by atoms with Crippen LogP contribution in [0.1, 0.15) is 24.3 Å². The van der Waals surface area contributed by atoms with Crippen LogP contribution in [0.4, 0.5) is 4.39 Å². The molecular formula is C11H12FN. The summed E-state index contributed by atoms with van der Waals surface area (Å²) in [5.74, 6) is 0.381. The highest BCUT2D eigenvalue weighted by atomic mass is 19.1. The van der Waals surface area contributed by atoms with Gasteiger partial charge in [-0.05, 0) is 42.7 Å². The number of rotatable bonds is 1. The largest absolute Gasteiger partial charge is 0.297 e. The normalized spacial score (nSPS) is 21.8. The molecule has 1 nitrogen and oxygen atoms in total. The van der Waals surface area contributed by atoms with Crippen LogP contribution < -0.4 is 0 Å². The number of nitrogens with zero attached hydrogens (tertiary/aromatic N) is 1. The number of hydrogen-bond donors (Lipinski definition) is 0. The fraction of sp³-hybridized carbons (Fsp3) is 0.364. The summed E-state index contributed by atoms with van der Waals surface area (Å²) in [6, 6.07) is 6.81. The Bertz CT molecular complexity index is 302. The molecule has 1 unspecified atom stereocenters. The number of halogens is 1. The van der Waals surface area contributed by atoms with Crippen LogP contribution in [0.3, 0.4) is 0 Å². The molecule has 2 rings (SSSR count). The summed E-state index contributed by atoms with van der Waals surface area (Å²) in [6.07, 6.45) is 4.05. The van der Waals surface area contributed by atoms with Crippen molar-refractivity contribution in [2.24, 2.45) is 4.99 Å². The number of aliphatic imine (C=N–C) groups is 1. The number of hydrogen-bond acceptors (Lipinski definition) is 1. The van der Waals surface area contributed by atoms with E-state index in [2.05, 4.69) is 4.99 Å². The Balaban J connectivity index is 2.15. The van der Waals surface area contributed by atoms with Crippen molar-refractivity contribution >= 4 is 6.21 Å². The van der Waals surface area contributed by atoms with Crippen LogP contribution in [-0.4, -0.2) is 12.8 Å². The molecule has 1 atom stereocenters. The lowest BCUT2D eigenvalue weighted by Gasteiger charge is -2.17. The van der Waals surface area contributed by atoms with Gasteiger partial charge in [-0.25, -0.2) is 4.39 Å². The smallest absolute Gasteiger partial charge is 0.123 e. The van der Waals surface area contributed by atoms with E-state index in [4.69, 9.17) is 0 Å². The Kier molecular flexibility index (Phi) is 2.39. The van der Waals surface area contributed by atoms with E-state index in [9.17, 15) is 4.39 Å². The second-order valence-corrected chi connectivity index (χ2v) is 3.36. The zero-order valence-electron chi connectivity index (χ0n) is 7.41. The van der Waals surface area contributed by atoms with Gasteiger partial charge in [-0.2, -0.15) is 0 Å². The summed E-state index contributed by atoms with van der Waals surface area (Å²) >= 11 is 0. The maximum atomic E-state index is 12.6. The third kappa shape index (κ3) is 1.94. The monoisotopic (exact) mass is 177 g/mol. The molecule has 0 N–H and O–H groups in total. The fourth-order valence-electron chi connectivity index (χ4n) is 1.68. The van der Waals surface area contributed by atoms with Crippen molar-refractivity contribution in [1.29, 1.82) is 0 Å². The minimum atomic E-state index is -0.159. The van der Waals surface area contributed by atoms with Crippen molar-refractivity contribution < 1.29 is 4.39 Å². The van der Waals surface area contributed by atoms with Crippen molar-refractivity contribution in [1.82, 2.24) is 0 Å². The summed E-state index contributed by atoms with van der Waals surface area (Å²) in [6.45, 7) is 0.905. The van der Waals surface area contributed by atoms with Gasteiger partial charge >= 0.3 is 0 Å². The van der Waals surface area contributed by atoms with Crippen molar-refractivity contribution in [3.05, 3.63) is 35.6 Å². The molecule has 13 heavy (non-hydrogen) atoms. The zero-order valence-corrected chi connectivity index (χ0v) is 7.41. The quantitative estimate of drug-likeness (QED) is 0.625. The molecule has 68 valence electrons. The van der Waals surface area contributed by atoms with Crippen LogP contribution in [0.5, 0.6) is 0 Å². The van der Waals surface area contributed by atoms with Gasteiger partial charge in [0, 0.05) is 6.54 Å². The van der Waals surface area contributed by atoms with E-state index in [1.807, 2.05) is 18.3 Å². The van der Waals surface area contributed by atoms with Gasteiger partial charge < -0.3 is 0 Å². The molecule has 0 aliphatic carbocycles. The molecule has 0 amide bonds. The predicted molar refractivity (Wildman–Crippen MR) is 51.7 cm³/mol. The fourth-order valence-corrected chi connectivity index (χ4v) is 1.68. The Morgan fingerprint density at radius 3 is 2.62 bits per heavy atom. The average Bonchev–Trinajstić information content (AvgIpc) is 2.20. The summed E-state index contributed by atoms with van der Waals surface area (Å²) in [4.78, 5) is 4.17. The maximum Gasteiger partial charge on any atom is 0.123 e. The summed E-state index contributed by atoms with van der Waals surface area (Å²) in [5, 5.41) is 0. The van der Waals surface area contributed by atoms with E-state index in [-0.39, 0.29) is 5.82 Å². The third-order valence-electron chi connectivity index (χ3n) is 2.47. The predicted octanol–water partition coefficient (Wildman–Crippen LogP) is 2.77. The molecule has 0 saturated carbocycles. The molecule has 1 heterocycles. The van der Waals surface area contributed by atoms with Crippen LogP contribution >= 0.6 is 0 Å². The first kappa shape index (κ1) is 8.42. The van der Waals surface area contributed by atoms with Crippen LogP contribution in [0.2, 0.25) is 0 Å². The van der Waals surface area contributed by atoms with Gasteiger partial charge in [0.05, 0.1) is 0 Å². The first-order valence-electron chi connectivity index (χ1n) is 4.60. The Labute approximate surface area is 77.3 Å². The summed E-state index contributed by atoms with van der Waals surface area (Å²) < 4.78 is 12.6. The second kappa shape index (κ2) is 3.69. The van der Waals surface area contributed by atoms with Gasteiger partial charge in [-0.3, -0.25) is 4.99 Å². The molecule has 0 radical (unpaired) electrons. The number of benzene rings is 1.